The number of nitrogens with one attached hydrogen (secondary N) is 1. The molecule has 0 radical (unpaired) electrons. The first-order valence-corrected chi connectivity index (χ1v) is 6.96. The molecule has 1 saturated heterocycles. The lowest BCUT2D eigenvalue weighted by atomic mass is 10.1. The number of hydrogen-bond acceptors (Lipinski definition) is 5. The molecule has 1 aromatic heterocycles. The molecule has 2 amide bonds. The highest BCUT2D eigenvalue weighted by molar-refractivity contribution is 5.74. The van der Waals surface area contributed by atoms with Crippen LogP contribution in [0.3, 0.4) is 0 Å². The number of hydrogen-bond donors (Lipinski definition) is 2. The summed E-state index contributed by atoms with van der Waals surface area (Å²) in [4.78, 5) is 22.3. The monoisotopic (exact) mass is 277 g/mol. The number of amides is 2. The van der Waals surface area contributed by atoms with Crippen molar-refractivity contribution in [1.82, 2.24) is 20.2 Å². The first kappa shape index (κ1) is 13.1. The number of nitrogens with two attached hydrogens (primary N) is 1. The van der Waals surface area contributed by atoms with E-state index < -0.39 is 0 Å². The molecule has 0 aromatic carbocycles. The molecule has 108 valence electrons. The van der Waals surface area contributed by atoms with Crippen molar-refractivity contribution in [3.63, 3.8) is 0 Å². The molecule has 2 aliphatic heterocycles. The normalized spacial score (nSPS) is 19.5. The van der Waals surface area contributed by atoms with Crippen LogP contribution in [0.5, 0.6) is 0 Å². The lowest BCUT2D eigenvalue weighted by Gasteiger charge is -2.31. The maximum Gasteiger partial charge on any atom is 0.317 e. The third-order valence-electron chi connectivity index (χ3n) is 3.80. The molecule has 1 fully saturated rings. The molecule has 0 unspecified atom stereocenters. The fourth-order valence-corrected chi connectivity index (χ4v) is 2.60. The quantitative estimate of drug-likeness (QED) is 0.770. The first-order chi connectivity index (χ1) is 9.72. The Bertz CT molecular complexity index is 502. The van der Waals surface area contributed by atoms with Gasteiger partial charge in [-0.1, -0.05) is 0 Å². The highest BCUT2D eigenvalue weighted by Crippen LogP contribution is 2.17. The van der Waals surface area contributed by atoms with E-state index in [2.05, 4.69) is 15.3 Å². The van der Waals surface area contributed by atoms with Crippen LogP contribution in [-0.2, 0) is 17.7 Å². The molecule has 7 heteroatoms. The summed E-state index contributed by atoms with van der Waals surface area (Å²) in [6.45, 7) is 2.63. The van der Waals surface area contributed by atoms with Crippen molar-refractivity contribution >= 4 is 12.0 Å². The van der Waals surface area contributed by atoms with E-state index in [4.69, 9.17) is 10.5 Å². The summed E-state index contributed by atoms with van der Waals surface area (Å²) in [6.07, 6.45) is 4.29. The number of ether oxygens (including phenoxy) is 1. The Labute approximate surface area is 117 Å². The van der Waals surface area contributed by atoms with Gasteiger partial charge in [-0.2, -0.15) is 0 Å². The van der Waals surface area contributed by atoms with E-state index in [0.29, 0.717) is 13.1 Å². The van der Waals surface area contributed by atoms with Gasteiger partial charge in [-0.05, 0) is 24.8 Å². The van der Waals surface area contributed by atoms with Crippen molar-refractivity contribution in [3.8, 4) is 0 Å². The van der Waals surface area contributed by atoms with Gasteiger partial charge in [0.2, 0.25) is 5.95 Å². The van der Waals surface area contributed by atoms with Crippen molar-refractivity contribution in [2.24, 2.45) is 0 Å². The third kappa shape index (κ3) is 2.82. The van der Waals surface area contributed by atoms with E-state index in [-0.39, 0.29) is 18.0 Å². The Kier molecular flexibility index (Phi) is 3.68. The highest BCUT2D eigenvalue weighted by atomic mass is 16.5. The standard InChI is InChI=1S/C13H19N5O2/c14-12-15-7-9-1-4-18(8-11(9)17-12)13(19)16-10-2-5-20-6-3-10/h7,10H,1-6,8H2,(H,16,19)(H2,14,15,17). The maximum absolute atomic E-state index is 12.3. The summed E-state index contributed by atoms with van der Waals surface area (Å²) in [7, 11) is 0. The number of anilines is 1. The lowest BCUT2D eigenvalue weighted by Crippen LogP contribution is -2.48. The van der Waals surface area contributed by atoms with Gasteiger partial charge in [0, 0.05) is 32.0 Å². The number of carbonyl (C=O) groups is 1. The second-order valence-electron chi connectivity index (χ2n) is 5.21. The fourth-order valence-electron chi connectivity index (χ4n) is 2.60. The molecule has 7 nitrogen and oxygen atoms in total. The van der Waals surface area contributed by atoms with E-state index in [1.165, 1.54) is 0 Å². The average Bonchev–Trinajstić information content (AvgIpc) is 2.47. The first-order valence-electron chi connectivity index (χ1n) is 6.96. The molecule has 0 atom stereocenters. The van der Waals surface area contributed by atoms with Crippen LogP contribution in [0.15, 0.2) is 6.20 Å². The minimum Gasteiger partial charge on any atom is -0.381 e. The highest BCUT2D eigenvalue weighted by Gasteiger charge is 2.24. The topological polar surface area (TPSA) is 93.4 Å². The minimum absolute atomic E-state index is 0.0280. The Hall–Kier alpha value is -1.89. The third-order valence-corrected chi connectivity index (χ3v) is 3.80. The van der Waals surface area contributed by atoms with Gasteiger partial charge in [0.15, 0.2) is 0 Å². The molecule has 3 N–H and O–H groups in total. The molecule has 1 aromatic rings. The fraction of sp³-hybridized carbons (Fsp3) is 0.615. The lowest BCUT2D eigenvalue weighted by molar-refractivity contribution is 0.0777. The van der Waals surface area contributed by atoms with E-state index in [1.54, 1.807) is 11.1 Å². The molecule has 0 spiro atoms. The summed E-state index contributed by atoms with van der Waals surface area (Å²) in [5.74, 6) is 0.260. The summed E-state index contributed by atoms with van der Waals surface area (Å²) in [5, 5.41) is 3.07. The van der Waals surface area contributed by atoms with Gasteiger partial charge in [-0.25, -0.2) is 14.8 Å². The van der Waals surface area contributed by atoms with Crippen molar-refractivity contribution < 1.29 is 9.53 Å². The number of rotatable bonds is 1. The number of nitrogen functional groups attached to an aromatic ring is 1. The van der Waals surface area contributed by atoms with Crippen LogP contribution in [0.25, 0.3) is 0 Å². The molecule has 2 aliphatic rings. The second-order valence-corrected chi connectivity index (χ2v) is 5.21. The van der Waals surface area contributed by atoms with E-state index in [1.807, 2.05) is 0 Å². The van der Waals surface area contributed by atoms with Gasteiger partial charge in [-0.15, -0.1) is 0 Å². The van der Waals surface area contributed by atoms with Crippen LogP contribution in [-0.4, -0.2) is 46.7 Å². The molecule has 3 rings (SSSR count). The van der Waals surface area contributed by atoms with Gasteiger partial charge >= 0.3 is 6.03 Å². The zero-order chi connectivity index (χ0) is 13.9. The molecule has 20 heavy (non-hydrogen) atoms. The van der Waals surface area contributed by atoms with Gasteiger partial charge in [0.25, 0.3) is 0 Å². The molecule has 0 aliphatic carbocycles. The Morgan fingerprint density at radius 3 is 3.05 bits per heavy atom. The summed E-state index contributed by atoms with van der Waals surface area (Å²) in [6, 6.07) is 0.188. The van der Waals surface area contributed by atoms with Gasteiger partial charge in [0.05, 0.1) is 12.2 Å². The largest absolute Gasteiger partial charge is 0.381 e. The number of aromatic nitrogens is 2. The number of nitrogens with zero attached hydrogens (tertiary/aromatic N) is 3. The van der Waals surface area contributed by atoms with Crippen LogP contribution < -0.4 is 11.1 Å². The van der Waals surface area contributed by atoms with Crippen molar-refractivity contribution in [3.05, 3.63) is 17.5 Å². The molecular formula is C13H19N5O2. The van der Waals surface area contributed by atoms with E-state index >= 15 is 0 Å². The van der Waals surface area contributed by atoms with Gasteiger partial charge < -0.3 is 20.7 Å². The Morgan fingerprint density at radius 2 is 2.25 bits per heavy atom. The SMILES string of the molecule is Nc1ncc2c(n1)CN(C(=O)NC1CCOCC1)CC2. The predicted molar refractivity (Wildman–Crippen MR) is 72.9 cm³/mol. The molecule has 0 saturated carbocycles. The molecule has 3 heterocycles. The number of fused-ring (bicyclic) bond motifs is 1. The van der Waals surface area contributed by atoms with E-state index in [9.17, 15) is 4.79 Å². The molecule has 0 bridgehead atoms. The van der Waals surface area contributed by atoms with Gasteiger partial charge in [0.1, 0.15) is 0 Å². The zero-order valence-corrected chi connectivity index (χ0v) is 11.3. The van der Waals surface area contributed by atoms with Crippen LogP contribution in [0.1, 0.15) is 24.1 Å². The number of carbonyl (C=O) groups excluding carboxylic acids is 1. The van der Waals surface area contributed by atoms with Crippen LogP contribution in [0, 0.1) is 0 Å². The number of urea groups is 1. The van der Waals surface area contributed by atoms with Crippen LogP contribution >= 0.6 is 0 Å². The van der Waals surface area contributed by atoms with Gasteiger partial charge in [-0.3, -0.25) is 0 Å². The second kappa shape index (κ2) is 5.62. The van der Waals surface area contributed by atoms with Crippen molar-refractivity contribution in [2.45, 2.75) is 31.8 Å². The smallest absolute Gasteiger partial charge is 0.317 e. The molecular weight excluding hydrogens is 258 g/mol. The van der Waals surface area contributed by atoms with E-state index in [0.717, 1.165) is 43.7 Å². The summed E-state index contributed by atoms with van der Waals surface area (Å²) < 4.78 is 5.29. The maximum atomic E-state index is 12.3. The van der Waals surface area contributed by atoms with Crippen molar-refractivity contribution in [1.29, 1.82) is 0 Å². The minimum atomic E-state index is -0.0280. The predicted octanol–water partition coefficient (Wildman–Crippen LogP) is 0.305. The Balaban J connectivity index is 1.62. The van der Waals surface area contributed by atoms with Crippen LogP contribution in [0.4, 0.5) is 10.7 Å². The Morgan fingerprint density at radius 1 is 1.45 bits per heavy atom. The summed E-state index contributed by atoms with van der Waals surface area (Å²) >= 11 is 0. The average molecular weight is 277 g/mol. The van der Waals surface area contributed by atoms with Crippen LogP contribution in [0.2, 0.25) is 0 Å². The van der Waals surface area contributed by atoms with Crippen molar-refractivity contribution in [2.75, 3.05) is 25.5 Å². The summed E-state index contributed by atoms with van der Waals surface area (Å²) in [5.41, 5.74) is 7.53. The zero-order valence-electron chi connectivity index (χ0n) is 11.3.